The summed E-state index contributed by atoms with van der Waals surface area (Å²) < 4.78 is 1.85. The normalized spacial score (nSPS) is 16.6. The average Bonchev–Trinajstić information content (AvgIpc) is 2.96. The molecule has 0 aliphatic carbocycles. The molecular weight excluding hydrogens is 282 g/mol. The van der Waals surface area contributed by atoms with Crippen molar-refractivity contribution in [2.75, 3.05) is 11.9 Å². The van der Waals surface area contributed by atoms with Gasteiger partial charge < -0.3 is 11.1 Å². The Labute approximate surface area is 127 Å². The summed E-state index contributed by atoms with van der Waals surface area (Å²) in [4.78, 5) is 19.5. The minimum Gasteiger partial charge on any atom is -0.369 e. The fourth-order valence-electron chi connectivity index (χ4n) is 2.61. The number of hydrogen-bond donors (Lipinski definition) is 2. The number of fused-ring (bicyclic) bond motifs is 1. The van der Waals surface area contributed by atoms with Gasteiger partial charge in [-0.05, 0) is 18.8 Å². The van der Waals surface area contributed by atoms with Gasteiger partial charge in [-0.3, -0.25) is 9.48 Å². The molecule has 1 unspecified atom stereocenters. The van der Waals surface area contributed by atoms with E-state index < -0.39 is 5.91 Å². The number of aromatic nitrogens is 4. The Morgan fingerprint density at radius 2 is 2.32 bits per heavy atom. The maximum atomic E-state index is 11.4. The van der Waals surface area contributed by atoms with E-state index in [1.54, 1.807) is 12.4 Å². The van der Waals surface area contributed by atoms with E-state index >= 15 is 0 Å². The Kier molecular flexibility index (Phi) is 3.70. The molecule has 22 heavy (non-hydrogen) atoms. The molecule has 3 heterocycles. The minimum absolute atomic E-state index is 0.290. The number of rotatable bonds is 4. The Hall–Kier alpha value is -2.95. The quantitative estimate of drug-likeness (QED) is 0.837. The number of nitrogens with zero attached hydrogens (tertiary/aromatic N) is 5. The van der Waals surface area contributed by atoms with E-state index in [-0.39, 0.29) is 0 Å². The number of amides is 1. The molecule has 1 aliphatic heterocycles. The van der Waals surface area contributed by atoms with Crippen molar-refractivity contribution >= 4 is 11.7 Å². The summed E-state index contributed by atoms with van der Waals surface area (Å²) in [6, 6.07) is 1.93. The van der Waals surface area contributed by atoms with E-state index in [9.17, 15) is 4.79 Å². The molecule has 2 aromatic rings. The molecule has 0 fully saturated rings. The summed E-state index contributed by atoms with van der Waals surface area (Å²) in [5.74, 6) is 0.556. The lowest BCUT2D eigenvalue weighted by Gasteiger charge is -2.24. The number of primary amides is 1. The lowest BCUT2D eigenvalue weighted by molar-refractivity contribution is 0.0998. The Morgan fingerprint density at radius 1 is 1.45 bits per heavy atom. The number of aryl methyl sites for hydroxylation is 1. The highest BCUT2D eigenvalue weighted by molar-refractivity contribution is 5.93. The van der Waals surface area contributed by atoms with Gasteiger partial charge in [-0.2, -0.15) is 10.4 Å². The van der Waals surface area contributed by atoms with Crippen molar-refractivity contribution in [3.8, 4) is 6.07 Å². The van der Waals surface area contributed by atoms with Gasteiger partial charge in [0.2, 0.25) is 0 Å². The van der Waals surface area contributed by atoms with Gasteiger partial charge in [0.1, 0.15) is 11.9 Å². The zero-order valence-electron chi connectivity index (χ0n) is 11.9. The van der Waals surface area contributed by atoms with Crippen LogP contribution >= 0.6 is 0 Å². The monoisotopic (exact) mass is 297 g/mol. The molecule has 3 rings (SSSR count). The summed E-state index contributed by atoms with van der Waals surface area (Å²) >= 11 is 0. The van der Waals surface area contributed by atoms with Crippen LogP contribution in [0, 0.1) is 17.2 Å². The highest BCUT2D eigenvalue weighted by Gasteiger charge is 2.24. The smallest absolute Gasteiger partial charge is 0.252 e. The average molecular weight is 297 g/mol. The van der Waals surface area contributed by atoms with Gasteiger partial charge >= 0.3 is 0 Å². The summed E-state index contributed by atoms with van der Waals surface area (Å²) in [6.45, 7) is 1.48. The number of nitrogens with two attached hydrogens (primary N) is 1. The molecule has 0 aromatic carbocycles. The van der Waals surface area contributed by atoms with E-state index in [1.165, 1.54) is 6.20 Å². The summed E-state index contributed by atoms with van der Waals surface area (Å²) in [5.41, 5.74) is 7.06. The van der Waals surface area contributed by atoms with Crippen LogP contribution in [0.15, 0.2) is 18.6 Å². The Morgan fingerprint density at radius 3 is 3.00 bits per heavy atom. The highest BCUT2D eigenvalue weighted by atomic mass is 16.1. The number of nitriles is 1. The molecule has 1 atom stereocenters. The number of carbonyl (C=O) groups is 1. The molecule has 8 heteroatoms. The van der Waals surface area contributed by atoms with Gasteiger partial charge in [0.25, 0.3) is 5.91 Å². The largest absolute Gasteiger partial charge is 0.369 e. The summed E-state index contributed by atoms with van der Waals surface area (Å²) in [6.07, 6.45) is 6.22. The number of hydrogen-bond acceptors (Lipinski definition) is 6. The molecule has 3 N–H and O–H groups in total. The Bertz CT molecular complexity index is 729. The number of carbonyl (C=O) groups excluding carboxylic acids is 1. The predicted octanol–water partition coefficient (Wildman–Crippen LogP) is 0.318. The van der Waals surface area contributed by atoms with Crippen LogP contribution in [0.25, 0.3) is 0 Å². The van der Waals surface area contributed by atoms with Crippen molar-refractivity contribution in [3.05, 3.63) is 35.5 Å². The molecule has 8 nitrogen and oxygen atoms in total. The molecule has 112 valence electrons. The first-order chi connectivity index (χ1) is 10.7. The fraction of sp³-hybridized carbons (Fsp3) is 0.357. The zero-order valence-corrected chi connectivity index (χ0v) is 11.9. The van der Waals surface area contributed by atoms with Crippen LogP contribution in [-0.2, 0) is 13.0 Å². The van der Waals surface area contributed by atoms with Crippen molar-refractivity contribution in [2.45, 2.75) is 19.4 Å². The van der Waals surface area contributed by atoms with E-state index in [0.29, 0.717) is 29.5 Å². The van der Waals surface area contributed by atoms with Crippen molar-refractivity contribution in [3.63, 3.8) is 0 Å². The molecule has 0 radical (unpaired) electrons. The van der Waals surface area contributed by atoms with Gasteiger partial charge in [0.05, 0.1) is 29.8 Å². The van der Waals surface area contributed by atoms with Gasteiger partial charge in [-0.15, -0.1) is 0 Å². The van der Waals surface area contributed by atoms with Crippen LogP contribution in [-0.4, -0.2) is 32.2 Å². The first-order valence-corrected chi connectivity index (χ1v) is 6.98. The van der Waals surface area contributed by atoms with Crippen molar-refractivity contribution in [1.29, 1.82) is 5.26 Å². The topological polar surface area (TPSA) is 123 Å². The molecule has 2 aromatic heterocycles. The van der Waals surface area contributed by atoms with Crippen LogP contribution in [0.1, 0.15) is 28.2 Å². The molecule has 1 amide bonds. The highest BCUT2D eigenvalue weighted by Crippen LogP contribution is 2.23. The second kappa shape index (κ2) is 5.81. The van der Waals surface area contributed by atoms with Crippen LogP contribution in [0.3, 0.4) is 0 Å². The third-order valence-electron chi connectivity index (χ3n) is 3.78. The van der Waals surface area contributed by atoms with Gasteiger partial charge in [-0.1, -0.05) is 0 Å². The third-order valence-corrected chi connectivity index (χ3v) is 3.78. The van der Waals surface area contributed by atoms with Crippen LogP contribution < -0.4 is 11.1 Å². The van der Waals surface area contributed by atoms with Gasteiger partial charge in [-0.25, -0.2) is 9.97 Å². The van der Waals surface area contributed by atoms with Crippen LogP contribution in [0.2, 0.25) is 0 Å². The molecule has 0 saturated heterocycles. The predicted molar refractivity (Wildman–Crippen MR) is 77.8 cm³/mol. The van der Waals surface area contributed by atoms with Crippen LogP contribution in [0.4, 0.5) is 5.82 Å². The molecule has 0 saturated carbocycles. The fourth-order valence-corrected chi connectivity index (χ4v) is 2.61. The van der Waals surface area contributed by atoms with E-state index in [0.717, 1.165) is 25.1 Å². The molecule has 0 bridgehead atoms. The van der Waals surface area contributed by atoms with Gasteiger partial charge in [0, 0.05) is 13.1 Å². The lowest BCUT2D eigenvalue weighted by atomic mass is 9.94. The second-order valence-corrected chi connectivity index (χ2v) is 5.23. The molecule has 0 spiro atoms. The molecule has 1 aliphatic rings. The van der Waals surface area contributed by atoms with Gasteiger partial charge in [0.15, 0.2) is 5.69 Å². The first kappa shape index (κ1) is 14.0. The number of anilines is 1. The van der Waals surface area contributed by atoms with Crippen molar-refractivity contribution in [2.24, 2.45) is 11.7 Å². The van der Waals surface area contributed by atoms with Crippen molar-refractivity contribution < 1.29 is 4.79 Å². The standard InChI is InChI=1S/C14H15N7O/c15-4-10-6-19-13(8-17-10)18-5-9-1-2-21-12(3-9)11(7-20-21)14(16)22/h6-9H,1-3,5H2,(H2,16,22)(H,18,19). The first-order valence-electron chi connectivity index (χ1n) is 6.98. The SMILES string of the molecule is N#Cc1cnc(NCC2CCn3ncc(C(N)=O)c3C2)cn1. The summed E-state index contributed by atoms with van der Waals surface area (Å²) in [5, 5.41) is 16.1. The zero-order chi connectivity index (χ0) is 15.5. The summed E-state index contributed by atoms with van der Waals surface area (Å²) in [7, 11) is 0. The second-order valence-electron chi connectivity index (χ2n) is 5.23. The lowest BCUT2D eigenvalue weighted by Crippen LogP contribution is -2.27. The van der Waals surface area contributed by atoms with E-state index in [2.05, 4.69) is 20.4 Å². The van der Waals surface area contributed by atoms with E-state index in [1.807, 2.05) is 10.8 Å². The van der Waals surface area contributed by atoms with Crippen LogP contribution in [0.5, 0.6) is 0 Å². The van der Waals surface area contributed by atoms with E-state index in [4.69, 9.17) is 11.0 Å². The maximum Gasteiger partial charge on any atom is 0.252 e. The van der Waals surface area contributed by atoms with Crippen molar-refractivity contribution in [1.82, 2.24) is 19.7 Å². The Balaban J connectivity index is 1.63. The third kappa shape index (κ3) is 2.74. The minimum atomic E-state index is -0.437. The maximum absolute atomic E-state index is 11.4. The molecular formula is C14H15N7O. The number of nitrogens with one attached hydrogen (secondary N) is 1.